The van der Waals surface area contributed by atoms with Gasteiger partial charge in [0.1, 0.15) is 5.82 Å². The Kier molecular flexibility index (Phi) is 2.89. The van der Waals surface area contributed by atoms with Gasteiger partial charge in [-0.15, -0.1) is 0 Å². The predicted molar refractivity (Wildman–Crippen MR) is 61.6 cm³/mol. The van der Waals surface area contributed by atoms with Gasteiger partial charge in [0.15, 0.2) is 0 Å². The van der Waals surface area contributed by atoms with Crippen molar-refractivity contribution in [3.8, 4) is 17.2 Å². The lowest BCUT2D eigenvalue weighted by Gasteiger charge is -2.04. The van der Waals surface area contributed by atoms with Gasteiger partial charge in [-0.2, -0.15) is 5.26 Å². The molecule has 2 aromatic rings. The summed E-state index contributed by atoms with van der Waals surface area (Å²) in [6, 6.07) is 13.1. The molecule has 0 unspecified atom stereocenters. The van der Waals surface area contributed by atoms with Crippen LogP contribution in [0.5, 0.6) is 0 Å². The van der Waals surface area contributed by atoms with Gasteiger partial charge in [-0.05, 0) is 35.9 Å². The zero-order chi connectivity index (χ0) is 11.5. The van der Waals surface area contributed by atoms with Crippen molar-refractivity contribution in [3.05, 3.63) is 58.9 Å². The minimum absolute atomic E-state index is 0.295. The Bertz CT molecular complexity index is 555. The van der Waals surface area contributed by atoms with E-state index in [1.54, 1.807) is 30.3 Å². The summed E-state index contributed by atoms with van der Waals surface area (Å²) in [5.74, 6) is -0.295. The Balaban J connectivity index is 2.55. The molecule has 0 saturated carbocycles. The second-order valence-electron chi connectivity index (χ2n) is 3.31. The smallest absolute Gasteiger partial charge is 0.123 e. The normalized spacial score (nSPS) is 9.81. The van der Waals surface area contributed by atoms with Gasteiger partial charge in [-0.3, -0.25) is 0 Å². The van der Waals surface area contributed by atoms with Crippen LogP contribution in [0.1, 0.15) is 5.56 Å². The Morgan fingerprint density at radius 1 is 1.06 bits per heavy atom. The molecule has 0 bridgehead atoms. The van der Waals surface area contributed by atoms with Gasteiger partial charge in [0, 0.05) is 10.6 Å². The molecule has 0 radical (unpaired) electrons. The topological polar surface area (TPSA) is 23.8 Å². The van der Waals surface area contributed by atoms with E-state index < -0.39 is 0 Å². The number of benzene rings is 2. The second-order valence-corrected chi connectivity index (χ2v) is 3.72. The van der Waals surface area contributed by atoms with Crippen molar-refractivity contribution in [3.63, 3.8) is 0 Å². The largest absolute Gasteiger partial charge is 0.207 e. The second kappa shape index (κ2) is 4.34. The van der Waals surface area contributed by atoms with E-state index in [-0.39, 0.29) is 5.82 Å². The highest BCUT2D eigenvalue weighted by atomic mass is 35.5. The minimum atomic E-state index is -0.295. The molecule has 78 valence electrons. The monoisotopic (exact) mass is 231 g/mol. The van der Waals surface area contributed by atoms with Crippen molar-refractivity contribution in [2.45, 2.75) is 0 Å². The highest BCUT2D eigenvalue weighted by molar-refractivity contribution is 6.33. The summed E-state index contributed by atoms with van der Waals surface area (Å²) in [7, 11) is 0. The lowest BCUT2D eigenvalue weighted by Crippen LogP contribution is -1.83. The summed E-state index contributed by atoms with van der Waals surface area (Å²) in [5, 5.41) is 9.34. The number of nitrogens with zero attached hydrogens (tertiary/aromatic N) is 1. The van der Waals surface area contributed by atoms with E-state index in [1.807, 2.05) is 6.07 Å². The van der Waals surface area contributed by atoms with Crippen molar-refractivity contribution in [2.75, 3.05) is 0 Å². The van der Waals surface area contributed by atoms with Gasteiger partial charge in [0.05, 0.1) is 11.6 Å². The first-order chi connectivity index (χ1) is 7.70. The summed E-state index contributed by atoms with van der Waals surface area (Å²) in [4.78, 5) is 0. The van der Waals surface area contributed by atoms with Gasteiger partial charge in [0.2, 0.25) is 0 Å². The Morgan fingerprint density at radius 3 is 2.38 bits per heavy atom. The molecule has 0 aromatic heterocycles. The molecule has 0 saturated heterocycles. The fourth-order valence-electron chi connectivity index (χ4n) is 1.45. The molecule has 2 aromatic carbocycles. The molecule has 0 aliphatic carbocycles. The van der Waals surface area contributed by atoms with Crippen LogP contribution >= 0.6 is 11.6 Å². The third-order valence-corrected chi connectivity index (χ3v) is 2.58. The van der Waals surface area contributed by atoms with E-state index in [0.29, 0.717) is 10.6 Å². The molecule has 0 N–H and O–H groups in total. The molecule has 0 fully saturated rings. The highest BCUT2D eigenvalue weighted by Gasteiger charge is 2.04. The van der Waals surface area contributed by atoms with Crippen LogP contribution in [-0.2, 0) is 0 Å². The zero-order valence-corrected chi connectivity index (χ0v) is 9.00. The molecule has 1 nitrogen and oxygen atoms in total. The number of rotatable bonds is 1. The molecule has 16 heavy (non-hydrogen) atoms. The fraction of sp³-hybridized carbons (Fsp3) is 0. The summed E-state index contributed by atoms with van der Waals surface area (Å²) in [5.41, 5.74) is 2.06. The van der Waals surface area contributed by atoms with E-state index in [4.69, 9.17) is 16.9 Å². The average molecular weight is 232 g/mol. The Labute approximate surface area is 97.7 Å². The van der Waals surface area contributed by atoms with Crippen LogP contribution in [0.25, 0.3) is 11.1 Å². The van der Waals surface area contributed by atoms with Crippen LogP contribution in [0.15, 0.2) is 42.5 Å². The maximum Gasteiger partial charge on any atom is 0.123 e. The Morgan fingerprint density at radius 2 is 1.75 bits per heavy atom. The van der Waals surface area contributed by atoms with Gasteiger partial charge < -0.3 is 0 Å². The number of nitriles is 1. The summed E-state index contributed by atoms with van der Waals surface area (Å²) in [6.45, 7) is 0. The first-order valence-corrected chi connectivity index (χ1v) is 5.04. The summed E-state index contributed by atoms with van der Waals surface area (Å²) >= 11 is 6.02. The van der Waals surface area contributed by atoms with E-state index in [2.05, 4.69) is 0 Å². The summed E-state index contributed by atoms with van der Waals surface area (Å²) < 4.78 is 12.8. The van der Waals surface area contributed by atoms with Gasteiger partial charge >= 0.3 is 0 Å². The number of hydrogen-bond acceptors (Lipinski definition) is 1. The molecular weight excluding hydrogens is 225 g/mol. The molecule has 2 rings (SSSR count). The molecular formula is C13H7ClFN. The van der Waals surface area contributed by atoms with Crippen molar-refractivity contribution in [1.29, 1.82) is 5.26 Å². The van der Waals surface area contributed by atoms with Crippen molar-refractivity contribution >= 4 is 11.6 Å². The molecule has 0 spiro atoms. The van der Waals surface area contributed by atoms with Crippen molar-refractivity contribution in [1.82, 2.24) is 0 Å². The van der Waals surface area contributed by atoms with Crippen LogP contribution in [0, 0.1) is 17.1 Å². The van der Waals surface area contributed by atoms with E-state index >= 15 is 0 Å². The quantitative estimate of drug-likeness (QED) is 0.727. The van der Waals surface area contributed by atoms with Crippen LogP contribution < -0.4 is 0 Å². The third kappa shape index (κ3) is 2.05. The average Bonchev–Trinajstić information content (AvgIpc) is 2.31. The zero-order valence-electron chi connectivity index (χ0n) is 8.24. The molecule has 0 aliphatic rings. The lowest BCUT2D eigenvalue weighted by atomic mass is 10.0. The minimum Gasteiger partial charge on any atom is -0.207 e. The maximum atomic E-state index is 12.8. The highest BCUT2D eigenvalue weighted by Crippen LogP contribution is 2.28. The van der Waals surface area contributed by atoms with Gasteiger partial charge in [-0.1, -0.05) is 23.7 Å². The third-order valence-electron chi connectivity index (χ3n) is 2.25. The van der Waals surface area contributed by atoms with Crippen LogP contribution in [-0.4, -0.2) is 0 Å². The molecule has 0 atom stereocenters. The number of halogens is 2. The molecule has 3 heteroatoms. The lowest BCUT2D eigenvalue weighted by molar-refractivity contribution is 0.628. The molecule has 0 heterocycles. The standard InChI is InChI=1S/C13H7ClFN/c14-13-6-1-9(8-16)7-12(13)10-2-4-11(15)5-3-10/h1-7H. The SMILES string of the molecule is N#Cc1ccc(Cl)c(-c2ccc(F)cc2)c1. The predicted octanol–water partition coefficient (Wildman–Crippen LogP) is 4.02. The first kappa shape index (κ1) is 10.7. The van der Waals surface area contributed by atoms with E-state index in [0.717, 1.165) is 11.1 Å². The fourth-order valence-corrected chi connectivity index (χ4v) is 1.67. The number of hydrogen-bond donors (Lipinski definition) is 0. The van der Waals surface area contributed by atoms with E-state index in [1.165, 1.54) is 12.1 Å². The van der Waals surface area contributed by atoms with E-state index in [9.17, 15) is 4.39 Å². The maximum absolute atomic E-state index is 12.8. The van der Waals surface area contributed by atoms with Crippen molar-refractivity contribution in [2.24, 2.45) is 0 Å². The van der Waals surface area contributed by atoms with Gasteiger partial charge in [-0.25, -0.2) is 4.39 Å². The molecule has 0 amide bonds. The molecule has 0 aliphatic heterocycles. The first-order valence-electron chi connectivity index (χ1n) is 4.66. The van der Waals surface area contributed by atoms with Gasteiger partial charge in [0.25, 0.3) is 0 Å². The van der Waals surface area contributed by atoms with Crippen molar-refractivity contribution < 1.29 is 4.39 Å². The van der Waals surface area contributed by atoms with Crippen LogP contribution in [0.4, 0.5) is 4.39 Å². The van der Waals surface area contributed by atoms with Crippen LogP contribution in [0.2, 0.25) is 5.02 Å². The Hall–Kier alpha value is -1.85. The summed E-state index contributed by atoms with van der Waals surface area (Å²) in [6.07, 6.45) is 0. The van der Waals surface area contributed by atoms with Crippen LogP contribution in [0.3, 0.4) is 0 Å².